The van der Waals surface area contributed by atoms with Gasteiger partial charge in [0.05, 0.1) is 11.8 Å². The van der Waals surface area contributed by atoms with Gasteiger partial charge in [-0.1, -0.05) is 18.2 Å². The number of hydrogen-bond acceptors (Lipinski definition) is 3. The van der Waals surface area contributed by atoms with Crippen molar-refractivity contribution in [2.24, 2.45) is 0 Å². The Balaban J connectivity index is 2.21. The van der Waals surface area contributed by atoms with E-state index < -0.39 is 28.3 Å². The molecule has 5 nitrogen and oxygen atoms in total. The lowest BCUT2D eigenvalue weighted by Gasteiger charge is -2.12. The van der Waals surface area contributed by atoms with E-state index in [-0.39, 0.29) is 10.6 Å². The Morgan fingerprint density at radius 1 is 1.20 bits per heavy atom. The second kappa shape index (κ2) is 5.25. The molecule has 108 valence electrons. The van der Waals surface area contributed by atoms with Crippen molar-refractivity contribution in [3.8, 4) is 0 Å². The van der Waals surface area contributed by atoms with E-state index in [1.165, 1.54) is 30.5 Å². The summed E-state index contributed by atoms with van der Waals surface area (Å²) in [4.78, 5) is 0. The maximum absolute atomic E-state index is 12.7. The van der Waals surface area contributed by atoms with Crippen molar-refractivity contribution in [1.29, 1.82) is 0 Å². The predicted molar refractivity (Wildman–Crippen MR) is 64.1 cm³/mol. The normalized spacial score (nSPS) is 12.6. The van der Waals surface area contributed by atoms with Crippen LogP contribution < -0.4 is 4.72 Å². The zero-order chi connectivity index (χ0) is 14.8. The van der Waals surface area contributed by atoms with Crippen LogP contribution in [0.1, 0.15) is 11.1 Å². The third-order valence-corrected chi connectivity index (χ3v) is 3.87. The molecule has 0 saturated heterocycles. The Hall–Kier alpha value is -1.87. The molecule has 9 heteroatoms. The fraction of sp³-hybridized carbons (Fsp3) is 0.182. The lowest BCUT2D eigenvalue weighted by Crippen LogP contribution is -2.25. The van der Waals surface area contributed by atoms with E-state index in [1.807, 2.05) is 0 Å². The van der Waals surface area contributed by atoms with E-state index in [2.05, 4.69) is 14.9 Å². The van der Waals surface area contributed by atoms with Gasteiger partial charge in [0.15, 0.2) is 5.03 Å². The number of halogens is 3. The molecule has 0 aliphatic heterocycles. The summed E-state index contributed by atoms with van der Waals surface area (Å²) in [6, 6.07) is 5.99. The molecule has 1 heterocycles. The molecular formula is C11H10F3N3O2S. The van der Waals surface area contributed by atoms with Gasteiger partial charge >= 0.3 is 6.18 Å². The number of aromatic amines is 1. The van der Waals surface area contributed by atoms with Gasteiger partial charge in [0.1, 0.15) is 0 Å². The van der Waals surface area contributed by atoms with Crippen LogP contribution in [-0.4, -0.2) is 18.6 Å². The van der Waals surface area contributed by atoms with Gasteiger partial charge in [0, 0.05) is 6.54 Å². The van der Waals surface area contributed by atoms with Crippen LogP contribution >= 0.6 is 0 Å². The summed E-state index contributed by atoms with van der Waals surface area (Å²) in [6.07, 6.45) is -3.30. The van der Waals surface area contributed by atoms with Gasteiger partial charge in [0.2, 0.25) is 0 Å². The Kier molecular flexibility index (Phi) is 3.82. The smallest absolute Gasteiger partial charge is 0.266 e. The number of hydrogen-bond donors (Lipinski definition) is 2. The molecule has 0 amide bonds. The van der Waals surface area contributed by atoms with Crippen LogP contribution in [0.3, 0.4) is 0 Å². The molecule has 0 aliphatic rings. The van der Waals surface area contributed by atoms with Gasteiger partial charge in [-0.2, -0.15) is 18.3 Å². The van der Waals surface area contributed by atoms with Crippen molar-refractivity contribution in [1.82, 2.24) is 14.9 Å². The van der Waals surface area contributed by atoms with Gasteiger partial charge in [0.25, 0.3) is 10.0 Å². The number of sulfonamides is 1. The molecule has 1 aromatic heterocycles. The number of benzene rings is 1. The molecule has 0 bridgehead atoms. The first-order chi connectivity index (χ1) is 9.31. The van der Waals surface area contributed by atoms with Crippen LogP contribution in [0.25, 0.3) is 0 Å². The van der Waals surface area contributed by atoms with E-state index in [0.29, 0.717) is 0 Å². The average Bonchev–Trinajstić information content (AvgIpc) is 2.90. The van der Waals surface area contributed by atoms with Crippen LogP contribution in [0.2, 0.25) is 0 Å². The molecule has 0 fully saturated rings. The summed E-state index contributed by atoms with van der Waals surface area (Å²) >= 11 is 0. The van der Waals surface area contributed by atoms with Crippen molar-refractivity contribution in [3.05, 3.63) is 47.7 Å². The fourth-order valence-corrected chi connectivity index (χ4v) is 2.51. The quantitative estimate of drug-likeness (QED) is 0.906. The second-order valence-electron chi connectivity index (χ2n) is 3.90. The minimum absolute atomic E-state index is 0.150. The van der Waals surface area contributed by atoms with E-state index in [0.717, 1.165) is 6.07 Å². The number of aromatic nitrogens is 2. The average molecular weight is 305 g/mol. The molecule has 0 saturated carbocycles. The van der Waals surface area contributed by atoms with Crippen LogP contribution in [0, 0.1) is 0 Å². The molecule has 2 rings (SSSR count). The van der Waals surface area contributed by atoms with Gasteiger partial charge in [-0.05, 0) is 17.7 Å². The minimum Gasteiger partial charge on any atom is -0.266 e. The summed E-state index contributed by atoms with van der Waals surface area (Å²) in [5.41, 5.74) is -1.02. The highest BCUT2D eigenvalue weighted by molar-refractivity contribution is 7.89. The van der Waals surface area contributed by atoms with Crippen molar-refractivity contribution in [3.63, 3.8) is 0 Å². The van der Waals surface area contributed by atoms with Gasteiger partial charge in [-0.15, -0.1) is 0 Å². The number of alkyl halides is 3. The standard InChI is InChI=1S/C11H10F3N3O2S/c12-11(13,14)9-4-2-1-3-8(9)7-16-20(18,19)10-5-6-15-17-10/h1-6,16H,7H2,(H,15,17). The van der Waals surface area contributed by atoms with Crippen LogP contribution in [-0.2, 0) is 22.7 Å². The lowest BCUT2D eigenvalue weighted by atomic mass is 10.1. The van der Waals surface area contributed by atoms with Crippen molar-refractivity contribution in [2.45, 2.75) is 17.7 Å². The van der Waals surface area contributed by atoms with Crippen LogP contribution in [0.15, 0.2) is 41.6 Å². The number of rotatable bonds is 4. The van der Waals surface area contributed by atoms with E-state index in [9.17, 15) is 21.6 Å². The highest BCUT2D eigenvalue weighted by Crippen LogP contribution is 2.31. The van der Waals surface area contributed by atoms with E-state index >= 15 is 0 Å². The lowest BCUT2D eigenvalue weighted by molar-refractivity contribution is -0.138. The Morgan fingerprint density at radius 2 is 1.90 bits per heavy atom. The summed E-state index contributed by atoms with van der Waals surface area (Å²) in [5, 5.41) is 5.51. The molecule has 2 N–H and O–H groups in total. The predicted octanol–water partition coefficient (Wildman–Crippen LogP) is 1.91. The summed E-state index contributed by atoms with van der Waals surface area (Å²) in [7, 11) is -3.91. The topological polar surface area (TPSA) is 74.8 Å². The van der Waals surface area contributed by atoms with Crippen molar-refractivity contribution in [2.75, 3.05) is 0 Å². The zero-order valence-electron chi connectivity index (χ0n) is 9.98. The largest absolute Gasteiger partial charge is 0.416 e. The molecule has 2 aromatic rings. The summed E-state index contributed by atoms with van der Waals surface area (Å²) in [6.45, 7) is -0.461. The van der Waals surface area contributed by atoms with Crippen LogP contribution in [0.5, 0.6) is 0 Å². The van der Waals surface area contributed by atoms with Gasteiger partial charge in [-0.25, -0.2) is 13.1 Å². The zero-order valence-corrected chi connectivity index (χ0v) is 10.8. The number of nitrogens with one attached hydrogen (secondary N) is 2. The maximum atomic E-state index is 12.7. The highest BCUT2D eigenvalue weighted by atomic mass is 32.2. The molecule has 0 unspecified atom stereocenters. The summed E-state index contributed by atoms with van der Waals surface area (Å²) < 4.78 is 63.9. The first kappa shape index (κ1) is 14.5. The van der Waals surface area contributed by atoms with E-state index in [4.69, 9.17) is 0 Å². The van der Waals surface area contributed by atoms with Gasteiger partial charge < -0.3 is 0 Å². The molecule has 20 heavy (non-hydrogen) atoms. The van der Waals surface area contributed by atoms with Crippen LogP contribution in [0.4, 0.5) is 13.2 Å². The molecule has 0 radical (unpaired) electrons. The molecule has 0 atom stereocenters. The SMILES string of the molecule is O=S(=O)(NCc1ccccc1C(F)(F)F)c1ccn[nH]1. The Morgan fingerprint density at radius 3 is 2.50 bits per heavy atom. The number of H-pyrrole nitrogens is 1. The maximum Gasteiger partial charge on any atom is 0.416 e. The molecule has 1 aromatic carbocycles. The number of nitrogens with zero attached hydrogens (tertiary/aromatic N) is 1. The Bertz CT molecular complexity index is 681. The monoisotopic (exact) mass is 305 g/mol. The molecular weight excluding hydrogens is 295 g/mol. The third kappa shape index (κ3) is 3.17. The van der Waals surface area contributed by atoms with Crippen molar-refractivity contribution < 1.29 is 21.6 Å². The van der Waals surface area contributed by atoms with Gasteiger partial charge in [-0.3, -0.25) is 5.10 Å². The second-order valence-corrected chi connectivity index (χ2v) is 5.64. The first-order valence-corrected chi connectivity index (χ1v) is 6.93. The molecule has 0 aliphatic carbocycles. The Labute approximate surface area is 112 Å². The highest BCUT2D eigenvalue weighted by Gasteiger charge is 2.33. The third-order valence-electron chi connectivity index (χ3n) is 2.54. The van der Waals surface area contributed by atoms with E-state index in [1.54, 1.807) is 0 Å². The first-order valence-electron chi connectivity index (χ1n) is 5.45. The van der Waals surface area contributed by atoms with Crippen molar-refractivity contribution >= 4 is 10.0 Å². The molecule has 0 spiro atoms. The minimum atomic E-state index is -4.53. The summed E-state index contributed by atoms with van der Waals surface area (Å²) in [5.74, 6) is 0. The fourth-order valence-electron chi connectivity index (χ4n) is 1.59.